The quantitative estimate of drug-likeness (QED) is 0.731. The number of hydrogen-bond donors (Lipinski definition) is 1. The van der Waals surface area contributed by atoms with Crippen molar-refractivity contribution in [1.82, 2.24) is 19.4 Å². The normalized spacial score (nSPS) is 19.5. The smallest absolute Gasteiger partial charge is 0.253 e. The lowest BCUT2D eigenvalue weighted by Crippen LogP contribution is -2.54. The monoisotopic (exact) mass is 397 g/mol. The van der Waals surface area contributed by atoms with Crippen LogP contribution in [0.2, 0.25) is 0 Å². The molecule has 1 aliphatic rings. The van der Waals surface area contributed by atoms with E-state index in [9.17, 15) is 14.3 Å². The van der Waals surface area contributed by atoms with Crippen LogP contribution in [0.3, 0.4) is 0 Å². The minimum absolute atomic E-state index is 0.164. The number of carbonyl (C=O) groups excluding carboxylic acids is 1. The summed E-state index contributed by atoms with van der Waals surface area (Å²) in [4.78, 5) is 24.8. The third kappa shape index (κ3) is 3.93. The van der Waals surface area contributed by atoms with Gasteiger partial charge in [0.25, 0.3) is 5.91 Å². The maximum atomic E-state index is 13.1. The molecule has 1 fully saturated rings. The van der Waals surface area contributed by atoms with E-state index in [0.29, 0.717) is 24.3 Å². The maximum absolute atomic E-state index is 13.1. The van der Waals surface area contributed by atoms with E-state index >= 15 is 0 Å². The molecule has 8 heteroatoms. The van der Waals surface area contributed by atoms with E-state index in [1.165, 1.54) is 12.3 Å². The first-order valence-electron chi connectivity index (χ1n) is 9.60. The first kappa shape index (κ1) is 19.3. The fourth-order valence-electron chi connectivity index (χ4n) is 3.99. The summed E-state index contributed by atoms with van der Waals surface area (Å²) in [5.74, 6) is 0.0679. The second-order valence-corrected chi connectivity index (χ2v) is 7.80. The topological polar surface area (TPSA) is 74.5 Å². The predicted molar refractivity (Wildman–Crippen MR) is 108 cm³/mol. The molecule has 0 radical (unpaired) electrons. The predicted octanol–water partition coefficient (Wildman–Crippen LogP) is 2.21. The third-order valence-corrected chi connectivity index (χ3v) is 5.44. The van der Waals surface area contributed by atoms with Crippen LogP contribution in [-0.2, 0) is 7.05 Å². The van der Waals surface area contributed by atoms with E-state index in [1.54, 1.807) is 36.5 Å². The highest BCUT2D eigenvalue weighted by Gasteiger charge is 2.36. The molecule has 0 spiro atoms. The highest BCUT2D eigenvalue weighted by molar-refractivity contribution is 5.97. The van der Waals surface area contributed by atoms with Crippen molar-refractivity contribution in [2.24, 2.45) is 7.05 Å². The number of β-amino-alcohol motifs (C(OH)–C–C–N with tert-alkyl or cyclic N) is 1. The molecule has 3 heterocycles. The van der Waals surface area contributed by atoms with Crippen molar-refractivity contribution < 1.29 is 14.3 Å². The van der Waals surface area contributed by atoms with Gasteiger partial charge in [0.2, 0.25) is 0 Å². The highest BCUT2D eigenvalue weighted by Crippen LogP contribution is 2.26. The number of piperidine rings is 1. The number of aryl methyl sites for hydroxylation is 1. The van der Waals surface area contributed by atoms with Crippen LogP contribution < -0.4 is 4.90 Å². The van der Waals surface area contributed by atoms with Crippen LogP contribution in [0.25, 0.3) is 11.0 Å². The van der Waals surface area contributed by atoms with Crippen molar-refractivity contribution in [3.05, 3.63) is 54.2 Å². The Hall–Kier alpha value is -3.00. The fourth-order valence-corrected chi connectivity index (χ4v) is 3.99. The van der Waals surface area contributed by atoms with Gasteiger partial charge in [0, 0.05) is 32.7 Å². The first-order chi connectivity index (χ1) is 13.8. The average Bonchev–Trinajstić information content (AvgIpc) is 3.08. The van der Waals surface area contributed by atoms with Gasteiger partial charge in [0.15, 0.2) is 0 Å². The summed E-state index contributed by atoms with van der Waals surface area (Å²) in [5, 5.41) is 11.1. The molecule has 1 unspecified atom stereocenters. The van der Waals surface area contributed by atoms with Crippen LogP contribution >= 0.6 is 0 Å². The molecule has 1 amide bonds. The zero-order chi connectivity index (χ0) is 20.6. The van der Waals surface area contributed by atoms with Gasteiger partial charge in [-0.05, 0) is 43.2 Å². The lowest BCUT2D eigenvalue weighted by atomic mass is 9.92. The second kappa shape index (κ2) is 7.44. The molecule has 1 saturated heterocycles. The van der Waals surface area contributed by atoms with Crippen molar-refractivity contribution in [2.45, 2.75) is 18.4 Å². The van der Waals surface area contributed by atoms with E-state index in [0.717, 1.165) is 24.0 Å². The standard InChI is InChI=1S/C21H24FN5O2/c1-25(20(28)15-4-6-18-17(10-15)24-14-26(18)2)12-21(29)8-3-9-27(13-21)19-7-5-16(22)11-23-19/h4-7,10-11,14,29H,3,8-9,12-13H2,1-2H3. The Morgan fingerprint density at radius 2 is 2.14 bits per heavy atom. The van der Waals surface area contributed by atoms with Crippen molar-refractivity contribution in [3.8, 4) is 0 Å². The number of halogens is 1. The van der Waals surface area contributed by atoms with Gasteiger partial charge < -0.3 is 19.5 Å². The van der Waals surface area contributed by atoms with E-state index in [-0.39, 0.29) is 12.5 Å². The lowest BCUT2D eigenvalue weighted by Gasteiger charge is -2.41. The van der Waals surface area contributed by atoms with Gasteiger partial charge in [-0.15, -0.1) is 0 Å². The van der Waals surface area contributed by atoms with Crippen molar-refractivity contribution >= 4 is 22.8 Å². The summed E-state index contributed by atoms with van der Waals surface area (Å²) in [6, 6.07) is 8.40. The van der Waals surface area contributed by atoms with Gasteiger partial charge in [-0.2, -0.15) is 0 Å². The van der Waals surface area contributed by atoms with Crippen LogP contribution in [0.1, 0.15) is 23.2 Å². The van der Waals surface area contributed by atoms with Gasteiger partial charge in [0.1, 0.15) is 11.6 Å². The molecule has 1 aliphatic heterocycles. The molecule has 1 atom stereocenters. The number of carbonyl (C=O) groups is 1. The molecule has 2 aromatic heterocycles. The number of aromatic nitrogens is 3. The number of amides is 1. The summed E-state index contributed by atoms with van der Waals surface area (Å²) in [6.45, 7) is 1.27. The van der Waals surface area contributed by atoms with E-state index in [4.69, 9.17) is 0 Å². The van der Waals surface area contributed by atoms with E-state index in [2.05, 4.69) is 9.97 Å². The van der Waals surface area contributed by atoms with Crippen molar-refractivity contribution in [2.75, 3.05) is 31.6 Å². The Morgan fingerprint density at radius 3 is 2.90 bits per heavy atom. The molecule has 7 nitrogen and oxygen atoms in total. The number of nitrogens with zero attached hydrogens (tertiary/aromatic N) is 5. The molecule has 0 saturated carbocycles. The second-order valence-electron chi connectivity index (χ2n) is 7.80. The molecule has 3 aromatic rings. The van der Waals surface area contributed by atoms with Gasteiger partial charge >= 0.3 is 0 Å². The largest absolute Gasteiger partial charge is 0.386 e. The van der Waals surface area contributed by atoms with Crippen LogP contribution in [0.5, 0.6) is 0 Å². The van der Waals surface area contributed by atoms with Crippen LogP contribution in [0.4, 0.5) is 10.2 Å². The van der Waals surface area contributed by atoms with Crippen molar-refractivity contribution in [3.63, 3.8) is 0 Å². The summed E-state index contributed by atoms with van der Waals surface area (Å²) < 4.78 is 15.0. The lowest BCUT2D eigenvalue weighted by molar-refractivity contribution is -0.000130. The van der Waals surface area contributed by atoms with Crippen molar-refractivity contribution in [1.29, 1.82) is 0 Å². The minimum Gasteiger partial charge on any atom is -0.386 e. The molecule has 29 heavy (non-hydrogen) atoms. The number of anilines is 1. The van der Waals surface area contributed by atoms with E-state index < -0.39 is 11.4 Å². The number of rotatable bonds is 4. The Bertz CT molecular complexity index is 1040. The number of pyridine rings is 1. The summed E-state index contributed by atoms with van der Waals surface area (Å²) in [5.41, 5.74) is 1.19. The van der Waals surface area contributed by atoms with E-state index in [1.807, 2.05) is 22.6 Å². The number of fused-ring (bicyclic) bond motifs is 1. The molecule has 0 bridgehead atoms. The number of benzene rings is 1. The van der Waals surface area contributed by atoms with Gasteiger partial charge in [-0.3, -0.25) is 4.79 Å². The van der Waals surface area contributed by atoms with Gasteiger partial charge in [-0.1, -0.05) is 0 Å². The molecule has 4 rings (SSSR count). The molecule has 0 aliphatic carbocycles. The highest BCUT2D eigenvalue weighted by atomic mass is 19.1. The molecular weight excluding hydrogens is 373 g/mol. The van der Waals surface area contributed by atoms with Crippen LogP contribution in [0.15, 0.2) is 42.9 Å². The minimum atomic E-state index is -1.06. The SMILES string of the molecule is CN(CC1(O)CCCN(c2ccc(F)cn2)C1)C(=O)c1ccc2c(c1)ncn2C. The number of hydrogen-bond acceptors (Lipinski definition) is 5. The molecule has 1 N–H and O–H groups in total. The molecule has 152 valence electrons. The number of likely N-dealkylation sites (N-methyl/N-ethyl adjacent to an activating group) is 1. The molecule has 1 aromatic carbocycles. The molecular formula is C21H24FN5O2. The van der Waals surface area contributed by atoms with Gasteiger partial charge in [0.05, 0.1) is 35.7 Å². The summed E-state index contributed by atoms with van der Waals surface area (Å²) in [7, 11) is 3.60. The Morgan fingerprint density at radius 1 is 1.31 bits per heavy atom. The Labute approximate surface area is 168 Å². The van der Waals surface area contributed by atoms with Crippen LogP contribution in [-0.4, -0.2) is 62.7 Å². The summed E-state index contributed by atoms with van der Waals surface area (Å²) in [6.07, 6.45) is 4.23. The number of imidazole rings is 1. The van der Waals surface area contributed by atoms with Crippen LogP contribution in [0, 0.1) is 5.82 Å². The number of aliphatic hydroxyl groups is 1. The zero-order valence-corrected chi connectivity index (χ0v) is 16.5. The first-order valence-corrected chi connectivity index (χ1v) is 9.60. The zero-order valence-electron chi connectivity index (χ0n) is 16.5. The average molecular weight is 397 g/mol. The Kier molecular flexibility index (Phi) is 4.96. The third-order valence-electron chi connectivity index (χ3n) is 5.44. The fraction of sp³-hybridized carbons (Fsp3) is 0.381. The van der Waals surface area contributed by atoms with Gasteiger partial charge in [-0.25, -0.2) is 14.4 Å². The Balaban J connectivity index is 1.47. The summed E-state index contributed by atoms with van der Waals surface area (Å²) >= 11 is 0. The maximum Gasteiger partial charge on any atom is 0.253 e.